The Hall–Kier alpha value is -1.84. The number of oxazole rings is 1. The molecule has 0 unspecified atom stereocenters. The lowest BCUT2D eigenvalue weighted by Crippen LogP contribution is -2.30. The van der Waals surface area contributed by atoms with Crippen LogP contribution in [0.15, 0.2) is 45.4 Å². The van der Waals surface area contributed by atoms with Crippen molar-refractivity contribution >= 4 is 38.8 Å². The first-order valence-electron chi connectivity index (χ1n) is 7.14. The van der Waals surface area contributed by atoms with Gasteiger partial charge in [0.2, 0.25) is 15.9 Å². The van der Waals surface area contributed by atoms with Gasteiger partial charge in [-0.2, -0.15) is 0 Å². The van der Waals surface area contributed by atoms with Gasteiger partial charge in [0.15, 0.2) is 5.58 Å². The summed E-state index contributed by atoms with van der Waals surface area (Å²) >= 11 is 1.16. The summed E-state index contributed by atoms with van der Waals surface area (Å²) in [5.41, 5.74) is 0.896. The molecule has 0 aliphatic carbocycles. The Labute approximate surface area is 145 Å². The van der Waals surface area contributed by atoms with E-state index in [1.807, 2.05) is 0 Å². The Balaban J connectivity index is 2.23. The topological polar surface area (TPSA) is 92.5 Å². The van der Waals surface area contributed by atoms with Gasteiger partial charge >= 0.3 is 0 Å². The van der Waals surface area contributed by atoms with Gasteiger partial charge in [0.05, 0.1) is 10.1 Å². The van der Waals surface area contributed by atoms with Crippen LogP contribution in [0, 0.1) is 0 Å². The molecule has 2 aromatic rings. The zero-order valence-corrected chi connectivity index (χ0v) is 15.3. The van der Waals surface area contributed by atoms with Crippen molar-refractivity contribution in [2.24, 2.45) is 0 Å². The van der Waals surface area contributed by atoms with Crippen molar-refractivity contribution in [1.29, 1.82) is 0 Å². The molecule has 1 heterocycles. The number of hydrogen-bond acceptors (Lipinski definition) is 6. The molecule has 24 heavy (non-hydrogen) atoms. The molecule has 1 atom stereocenters. The Morgan fingerprint density at radius 3 is 2.83 bits per heavy atom. The normalized spacial score (nSPS) is 13.2. The minimum atomic E-state index is -3.53. The second-order valence-electron chi connectivity index (χ2n) is 5.19. The fourth-order valence-electron chi connectivity index (χ4n) is 1.83. The predicted molar refractivity (Wildman–Crippen MR) is 93.4 cm³/mol. The van der Waals surface area contributed by atoms with Crippen LogP contribution in [0.3, 0.4) is 0 Å². The number of carbonyl (C=O) groups excluding carboxylic acids is 1. The van der Waals surface area contributed by atoms with Crippen molar-refractivity contribution in [2.75, 3.05) is 20.6 Å². The van der Waals surface area contributed by atoms with E-state index in [1.165, 1.54) is 26.2 Å². The van der Waals surface area contributed by atoms with Gasteiger partial charge in [0, 0.05) is 20.6 Å². The third-order valence-corrected chi connectivity index (χ3v) is 5.94. The molecule has 1 aromatic heterocycles. The summed E-state index contributed by atoms with van der Waals surface area (Å²) < 4.78 is 31.0. The lowest BCUT2D eigenvalue weighted by Gasteiger charge is -2.10. The molecule has 0 bridgehead atoms. The van der Waals surface area contributed by atoms with E-state index in [0.717, 1.165) is 16.1 Å². The van der Waals surface area contributed by atoms with E-state index >= 15 is 0 Å². The van der Waals surface area contributed by atoms with Gasteiger partial charge in [-0.05, 0) is 25.1 Å². The van der Waals surface area contributed by atoms with E-state index in [-0.39, 0.29) is 10.8 Å². The molecule has 130 valence electrons. The number of rotatable bonds is 7. The first kappa shape index (κ1) is 18.5. The summed E-state index contributed by atoms with van der Waals surface area (Å²) in [6.07, 6.45) is 1.60. The van der Waals surface area contributed by atoms with Crippen molar-refractivity contribution in [3.05, 3.63) is 30.9 Å². The quantitative estimate of drug-likeness (QED) is 0.592. The molecule has 1 N–H and O–H groups in total. The zero-order chi connectivity index (χ0) is 17.9. The molecule has 0 spiro atoms. The van der Waals surface area contributed by atoms with Crippen LogP contribution in [0.1, 0.15) is 6.92 Å². The van der Waals surface area contributed by atoms with Crippen LogP contribution < -0.4 is 5.32 Å². The fourth-order valence-corrected chi connectivity index (χ4v) is 3.53. The van der Waals surface area contributed by atoms with E-state index in [9.17, 15) is 13.2 Å². The largest absolute Gasteiger partial charge is 0.431 e. The second kappa shape index (κ2) is 7.37. The monoisotopic (exact) mass is 369 g/mol. The van der Waals surface area contributed by atoms with Crippen LogP contribution in [0.25, 0.3) is 11.1 Å². The van der Waals surface area contributed by atoms with E-state index in [1.54, 1.807) is 19.1 Å². The van der Waals surface area contributed by atoms with Crippen molar-refractivity contribution < 1.29 is 17.6 Å². The summed E-state index contributed by atoms with van der Waals surface area (Å²) in [4.78, 5) is 16.3. The minimum absolute atomic E-state index is 0.140. The van der Waals surface area contributed by atoms with Gasteiger partial charge in [-0.3, -0.25) is 4.79 Å². The lowest BCUT2D eigenvalue weighted by molar-refractivity contribution is -0.120. The number of nitrogens with one attached hydrogen (secondary N) is 1. The Kier molecular flexibility index (Phi) is 5.68. The summed E-state index contributed by atoms with van der Waals surface area (Å²) in [5.74, 6) is -0.155. The van der Waals surface area contributed by atoms with Crippen LogP contribution in [0.2, 0.25) is 0 Å². The van der Waals surface area contributed by atoms with Crippen LogP contribution in [-0.2, 0) is 14.8 Å². The van der Waals surface area contributed by atoms with Gasteiger partial charge in [0.25, 0.3) is 5.22 Å². The molecule has 0 saturated heterocycles. The van der Waals surface area contributed by atoms with Gasteiger partial charge < -0.3 is 9.73 Å². The number of sulfonamides is 1. The Morgan fingerprint density at radius 2 is 2.21 bits per heavy atom. The first-order valence-corrected chi connectivity index (χ1v) is 9.46. The Bertz CT molecular complexity index is 859. The van der Waals surface area contributed by atoms with E-state index in [4.69, 9.17) is 4.42 Å². The average molecular weight is 369 g/mol. The molecule has 0 aliphatic heterocycles. The summed E-state index contributed by atoms with van der Waals surface area (Å²) in [7, 11) is -0.604. The highest BCUT2D eigenvalue weighted by molar-refractivity contribution is 8.00. The van der Waals surface area contributed by atoms with Crippen LogP contribution in [-0.4, -0.2) is 49.5 Å². The maximum Gasteiger partial charge on any atom is 0.257 e. The molecule has 1 amide bonds. The molecule has 1 aromatic carbocycles. The van der Waals surface area contributed by atoms with Crippen molar-refractivity contribution in [3.63, 3.8) is 0 Å². The third-order valence-electron chi connectivity index (χ3n) is 3.19. The number of benzene rings is 1. The smallest absolute Gasteiger partial charge is 0.257 e. The van der Waals surface area contributed by atoms with Crippen molar-refractivity contribution in [2.45, 2.75) is 22.3 Å². The number of carbonyl (C=O) groups is 1. The SMILES string of the molecule is C=CCNC(=O)[C@H](C)Sc1nc2cc(S(=O)(=O)N(C)C)ccc2o1. The molecule has 9 heteroatoms. The molecule has 0 saturated carbocycles. The van der Waals surface area contributed by atoms with Gasteiger partial charge in [-0.25, -0.2) is 17.7 Å². The number of hydrogen-bond donors (Lipinski definition) is 1. The molecule has 0 radical (unpaired) electrons. The highest BCUT2D eigenvalue weighted by atomic mass is 32.2. The van der Waals surface area contributed by atoms with Crippen molar-refractivity contribution in [1.82, 2.24) is 14.6 Å². The molecular weight excluding hydrogens is 350 g/mol. The summed E-state index contributed by atoms with van der Waals surface area (Å²) in [6.45, 7) is 5.67. The number of thioether (sulfide) groups is 1. The number of nitrogens with zero attached hydrogens (tertiary/aromatic N) is 2. The summed E-state index contributed by atoms with van der Waals surface area (Å²) in [5, 5.41) is 2.61. The standard InChI is InChI=1S/C15H19N3O4S2/c1-5-8-16-14(19)10(2)23-15-17-12-9-11(6-7-13(12)22-15)24(20,21)18(3)4/h5-7,9-10H,1,8H2,2-4H3,(H,16,19)/t10-/m0/s1. The van der Waals surface area contributed by atoms with Crippen LogP contribution in [0.4, 0.5) is 0 Å². The third kappa shape index (κ3) is 3.97. The van der Waals surface area contributed by atoms with Crippen LogP contribution >= 0.6 is 11.8 Å². The predicted octanol–water partition coefficient (Wildman–Crippen LogP) is 1.86. The minimum Gasteiger partial charge on any atom is -0.431 e. The zero-order valence-electron chi connectivity index (χ0n) is 13.6. The fraction of sp³-hybridized carbons (Fsp3) is 0.333. The molecule has 7 nitrogen and oxygen atoms in total. The van der Waals surface area contributed by atoms with Crippen molar-refractivity contribution in [3.8, 4) is 0 Å². The molecule has 2 rings (SSSR count). The van der Waals surface area contributed by atoms with E-state index in [2.05, 4.69) is 16.9 Å². The highest BCUT2D eigenvalue weighted by Gasteiger charge is 2.20. The first-order chi connectivity index (χ1) is 11.3. The number of amides is 1. The van der Waals surface area contributed by atoms with Gasteiger partial charge in [-0.1, -0.05) is 17.8 Å². The molecular formula is C15H19N3O4S2. The summed E-state index contributed by atoms with van der Waals surface area (Å²) in [6, 6.07) is 4.49. The molecule has 0 aliphatic rings. The van der Waals surface area contributed by atoms with Crippen LogP contribution in [0.5, 0.6) is 0 Å². The van der Waals surface area contributed by atoms with E-state index in [0.29, 0.717) is 22.9 Å². The van der Waals surface area contributed by atoms with Gasteiger partial charge in [0.1, 0.15) is 5.52 Å². The second-order valence-corrected chi connectivity index (χ2v) is 8.63. The van der Waals surface area contributed by atoms with E-state index < -0.39 is 15.3 Å². The average Bonchev–Trinajstić information content (AvgIpc) is 2.93. The lowest BCUT2D eigenvalue weighted by atomic mass is 10.3. The Morgan fingerprint density at radius 1 is 1.50 bits per heavy atom. The molecule has 0 fully saturated rings. The number of fused-ring (bicyclic) bond motifs is 1. The maximum absolute atomic E-state index is 12.2. The highest BCUT2D eigenvalue weighted by Crippen LogP contribution is 2.28. The van der Waals surface area contributed by atoms with Gasteiger partial charge in [-0.15, -0.1) is 6.58 Å². The maximum atomic E-state index is 12.2. The number of aromatic nitrogens is 1.